The smallest absolute Gasteiger partial charge is 0.196 e. The minimum absolute atomic E-state index is 0.0104. The molecule has 0 aliphatic heterocycles. The third kappa shape index (κ3) is 3.55. The van der Waals surface area contributed by atoms with Crippen molar-refractivity contribution in [2.24, 2.45) is 0 Å². The van der Waals surface area contributed by atoms with Crippen molar-refractivity contribution in [3.63, 3.8) is 0 Å². The molecule has 4 aromatic heterocycles. The normalized spacial score (nSPS) is 11.3. The van der Waals surface area contributed by atoms with Crippen LogP contribution in [0.25, 0.3) is 16.8 Å². The molecule has 0 aliphatic rings. The number of aromatic nitrogens is 6. The summed E-state index contributed by atoms with van der Waals surface area (Å²) in [7, 11) is -0.0711. The highest BCUT2D eigenvalue weighted by molar-refractivity contribution is 7.34. The molecule has 0 saturated carbocycles. The van der Waals surface area contributed by atoms with Crippen molar-refractivity contribution in [2.45, 2.75) is 13.1 Å². The minimum Gasteiger partial charge on any atom is -0.394 e. The lowest BCUT2D eigenvalue weighted by molar-refractivity contribution is 0.269. The first-order valence-electron chi connectivity index (χ1n) is 8.47. The van der Waals surface area contributed by atoms with Gasteiger partial charge in [0.05, 0.1) is 48.3 Å². The summed E-state index contributed by atoms with van der Waals surface area (Å²) < 4.78 is 14.5. The molecule has 4 aromatic rings. The van der Waals surface area contributed by atoms with E-state index < -0.39 is 0 Å². The molecule has 28 heavy (non-hydrogen) atoms. The van der Waals surface area contributed by atoms with Gasteiger partial charge in [0.2, 0.25) is 0 Å². The highest BCUT2D eigenvalue weighted by Crippen LogP contribution is 2.21. The van der Waals surface area contributed by atoms with E-state index in [-0.39, 0.29) is 20.9 Å². The average Bonchev–Trinajstić information content (AvgIpc) is 3.34. The Kier molecular flexibility index (Phi) is 4.96. The van der Waals surface area contributed by atoms with E-state index in [1.54, 1.807) is 34.0 Å². The number of rotatable bonds is 7. The summed E-state index contributed by atoms with van der Waals surface area (Å²) in [5.41, 5.74) is 9.10. The van der Waals surface area contributed by atoms with E-state index in [0.29, 0.717) is 29.9 Å². The molecule has 0 saturated heterocycles. The molecule has 4 rings (SSSR count). The highest BCUT2D eigenvalue weighted by Gasteiger charge is 2.10. The van der Waals surface area contributed by atoms with Crippen LogP contribution in [0.4, 0.5) is 11.6 Å². The molecule has 142 valence electrons. The predicted molar refractivity (Wildman–Crippen MR) is 105 cm³/mol. The average molecular weight is 396 g/mol. The fourth-order valence-electron chi connectivity index (χ4n) is 2.77. The zero-order valence-corrected chi connectivity index (χ0v) is 15.6. The minimum atomic E-state index is -0.0711. The summed E-state index contributed by atoms with van der Waals surface area (Å²) >= 11 is 0. The Hall–Kier alpha value is -3.36. The van der Waals surface area contributed by atoms with Gasteiger partial charge < -0.3 is 16.2 Å². The number of aliphatic hydroxyl groups is 1. The number of aliphatic hydroxyl groups excluding tert-OH is 1. The van der Waals surface area contributed by atoms with Gasteiger partial charge in [-0.2, -0.15) is 10.2 Å². The van der Waals surface area contributed by atoms with Gasteiger partial charge in [-0.25, -0.2) is 14.5 Å². The van der Waals surface area contributed by atoms with Crippen molar-refractivity contribution in [2.75, 3.05) is 17.7 Å². The van der Waals surface area contributed by atoms with Crippen LogP contribution >= 0.6 is 8.46 Å². The summed E-state index contributed by atoms with van der Waals surface area (Å²) in [5, 5.41) is 21.1. The quantitative estimate of drug-likeness (QED) is 0.395. The van der Waals surface area contributed by atoms with Crippen molar-refractivity contribution in [3.05, 3.63) is 48.7 Å². The molecular weight excluding hydrogens is 379 g/mol. The molecule has 0 bridgehead atoms. The van der Waals surface area contributed by atoms with Crippen LogP contribution in [-0.4, -0.2) is 41.1 Å². The van der Waals surface area contributed by atoms with Gasteiger partial charge >= 0.3 is 0 Å². The van der Waals surface area contributed by atoms with Crippen molar-refractivity contribution in [1.29, 1.82) is 0 Å². The maximum Gasteiger partial charge on any atom is 0.196 e. The van der Waals surface area contributed by atoms with Crippen molar-refractivity contribution >= 4 is 30.9 Å². The number of nitrogens with two attached hydrogens (primary N) is 1. The first-order valence-corrected chi connectivity index (χ1v) is 9.29. The third-order valence-electron chi connectivity index (χ3n) is 4.18. The van der Waals surface area contributed by atoms with E-state index in [1.807, 2.05) is 18.3 Å². The Morgan fingerprint density at radius 3 is 2.96 bits per heavy atom. The van der Waals surface area contributed by atoms with Crippen LogP contribution < -0.4 is 16.4 Å². The molecule has 0 atom stereocenters. The number of anilines is 2. The summed E-state index contributed by atoms with van der Waals surface area (Å²) in [4.78, 5) is 8.74. The number of fused-ring (bicyclic) bond motifs is 1. The monoisotopic (exact) mass is 396 g/mol. The Labute approximate surface area is 161 Å². The molecule has 0 aliphatic carbocycles. The van der Waals surface area contributed by atoms with Gasteiger partial charge in [-0.3, -0.25) is 9.25 Å². The third-order valence-corrected chi connectivity index (χ3v) is 4.72. The lowest BCUT2D eigenvalue weighted by atomic mass is 10.2. The lowest BCUT2D eigenvalue weighted by Gasteiger charge is -2.09. The molecular formula is C17H17N8O2P. The van der Waals surface area contributed by atoms with Gasteiger partial charge in [-0.05, 0) is 17.7 Å². The highest BCUT2D eigenvalue weighted by atomic mass is 31.1. The number of nitrogen functional groups attached to an aromatic ring is 1. The van der Waals surface area contributed by atoms with Gasteiger partial charge in [0.1, 0.15) is 0 Å². The zero-order valence-electron chi connectivity index (χ0n) is 14.7. The van der Waals surface area contributed by atoms with E-state index in [2.05, 4.69) is 25.5 Å². The summed E-state index contributed by atoms with van der Waals surface area (Å²) in [6.45, 7) is 0.884. The van der Waals surface area contributed by atoms with E-state index >= 15 is 0 Å². The molecule has 10 nitrogen and oxygen atoms in total. The second-order valence-electron chi connectivity index (χ2n) is 6.04. The van der Waals surface area contributed by atoms with Gasteiger partial charge in [0.25, 0.3) is 0 Å². The van der Waals surface area contributed by atoms with Crippen LogP contribution in [0.15, 0.2) is 43.1 Å². The Bertz CT molecular complexity index is 1140. The summed E-state index contributed by atoms with van der Waals surface area (Å²) in [6, 6.07) is 3.82. The molecule has 0 fully saturated rings. The van der Waals surface area contributed by atoms with E-state index in [4.69, 9.17) is 10.8 Å². The first kappa shape index (κ1) is 18.0. The summed E-state index contributed by atoms with van der Waals surface area (Å²) in [6.07, 6.45) is 8.42. The van der Waals surface area contributed by atoms with Crippen molar-refractivity contribution < 1.29 is 9.67 Å². The fourth-order valence-corrected chi connectivity index (χ4v) is 3.13. The molecule has 0 spiro atoms. The Morgan fingerprint density at radius 1 is 1.25 bits per heavy atom. The predicted octanol–water partition coefficient (Wildman–Crippen LogP) is 1.09. The SMILES string of the molecule is Nc1ncc(-c2cnn(CCO)c2)nc1NCc1ccn2ncc(P=O)c2c1. The molecule has 11 heteroatoms. The van der Waals surface area contributed by atoms with Gasteiger partial charge in [-0.1, -0.05) is 0 Å². The fraction of sp³-hybridized carbons (Fsp3) is 0.176. The number of hydrogen-bond acceptors (Lipinski definition) is 8. The molecule has 4 N–H and O–H groups in total. The van der Waals surface area contributed by atoms with Gasteiger partial charge in [-0.15, -0.1) is 0 Å². The van der Waals surface area contributed by atoms with Crippen LogP contribution in [0.2, 0.25) is 0 Å². The van der Waals surface area contributed by atoms with Crippen molar-refractivity contribution in [3.8, 4) is 11.3 Å². The van der Waals surface area contributed by atoms with Crippen LogP contribution in [0.3, 0.4) is 0 Å². The second-order valence-corrected chi connectivity index (χ2v) is 6.71. The summed E-state index contributed by atoms with van der Waals surface area (Å²) in [5.74, 6) is 0.749. The Morgan fingerprint density at radius 2 is 2.14 bits per heavy atom. The topological polar surface area (TPSA) is 136 Å². The first-order chi connectivity index (χ1) is 13.7. The van der Waals surface area contributed by atoms with Crippen molar-refractivity contribution in [1.82, 2.24) is 29.4 Å². The molecule has 0 amide bonds. The second kappa shape index (κ2) is 7.71. The van der Waals surface area contributed by atoms with Crippen LogP contribution in [0, 0.1) is 0 Å². The standard InChI is InChI=1S/C17H17N8O2P/c18-16-17(23-13(8-19-16)12-7-21-24(10-12)3-4-26)20-6-11-1-2-25-14(5-11)15(28-27)9-22-25/h1-2,5,7-10,26H,3-4,6H2,(H2,18,19)(H,20,23). The molecule has 4 heterocycles. The number of nitrogens with one attached hydrogen (secondary N) is 1. The maximum atomic E-state index is 11.2. The molecule has 0 radical (unpaired) electrons. The largest absolute Gasteiger partial charge is 0.394 e. The van der Waals surface area contributed by atoms with Crippen LogP contribution in [-0.2, 0) is 17.7 Å². The number of hydrogen-bond donors (Lipinski definition) is 3. The molecule has 0 aromatic carbocycles. The van der Waals surface area contributed by atoms with E-state index in [1.165, 1.54) is 0 Å². The van der Waals surface area contributed by atoms with E-state index in [9.17, 15) is 4.57 Å². The number of nitrogens with zero attached hydrogens (tertiary/aromatic N) is 6. The Balaban J connectivity index is 1.55. The van der Waals surface area contributed by atoms with E-state index in [0.717, 1.165) is 16.6 Å². The van der Waals surface area contributed by atoms with Crippen LogP contribution in [0.5, 0.6) is 0 Å². The number of pyridine rings is 1. The molecule has 0 unspecified atom stereocenters. The lowest BCUT2D eigenvalue weighted by Crippen LogP contribution is -2.07. The van der Waals surface area contributed by atoms with Gasteiger partial charge in [0, 0.05) is 24.5 Å². The van der Waals surface area contributed by atoms with Crippen LogP contribution in [0.1, 0.15) is 5.56 Å². The maximum absolute atomic E-state index is 11.2. The van der Waals surface area contributed by atoms with Gasteiger partial charge in [0.15, 0.2) is 20.1 Å². The zero-order chi connectivity index (χ0) is 19.5.